The summed E-state index contributed by atoms with van der Waals surface area (Å²) in [6, 6.07) is 8.68. The Morgan fingerprint density at radius 1 is 1.11 bits per heavy atom. The van der Waals surface area contributed by atoms with Crippen molar-refractivity contribution in [1.29, 1.82) is 0 Å². The summed E-state index contributed by atoms with van der Waals surface area (Å²) in [5.41, 5.74) is 2.61. The summed E-state index contributed by atoms with van der Waals surface area (Å²) in [4.78, 5) is 11.4. The largest absolute Gasteiger partial charge is 0.338 e. The lowest BCUT2D eigenvalue weighted by atomic mass is 10.0. The first-order valence-corrected chi connectivity index (χ1v) is 6.62. The van der Waals surface area contributed by atoms with E-state index in [4.69, 9.17) is 0 Å². The SMILES string of the molecule is CC(C)NC(=O)NCCc1ccc(C(C)C)cc1. The predicted molar refractivity (Wildman–Crippen MR) is 75.9 cm³/mol. The Labute approximate surface area is 110 Å². The Kier molecular flexibility index (Phi) is 5.69. The molecule has 0 aliphatic carbocycles. The van der Waals surface area contributed by atoms with Crippen LogP contribution in [0.1, 0.15) is 44.7 Å². The molecule has 0 heterocycles. The fraction of sp³-hybridized carbons (Fsp3) is 0.533. The van der Waals surface area contributed by atoms with E-state index in [0.717, 1.165) is 6.42 Å². The van der Waals surface area contributed by atoms with Crippen molar-refractivity contribution < 1.29 is 4.79 Å². The molecule has 100 valence electrons. The van der Waals surface area contributed by atoms with Crippen molar-refractivity contribution in [1.82, 2.24) is 10.6 Å². The van der Waals surface area contributed by atoms with Gasteiger partial charge in [0.15, 0.2) is 0 Å². The molecule has 1 aromatic rings. The lowest BCUT2D eigenvalue weighted by Gasteiger charge is -2.10. The van der Waals surface area contributed by atoms with Gasteiger partial charge < -0.3 is 10.6 Å². The third kappa shape index (κ3) is 5.21. The quantitative estimate of drug-likeness (QED) is 0.826. The second-order valence-corrected chi connectivity index (χ2v) is 5.20. The van der Waals surface area contributed by atoms with Crippen LogP contribution in [0.15, 0.2) is 24.3 Å². The molecule has 0 aliphatic heterocycles. The van der Waals surface area contributed by atoms with E-state index in [1.807, 2.05) is 13.8 Å². The highest BCUT2D eigenvalue weighted by molar-refractivity contribution is 5.74. The summed E-state index contributed by atoms with van der Waals surface area (Å²) in [5, 5.41) is 5.65. The van der Waals surface area contributed by atoms with Gasteiger partial charge in [0.05, 0.1) is 0 Å². The zero-order chi connectivity index (χ0) is 13.5. The molecule has 18 heavy (non-hydrogen) atoms. The molecule has 0 fully saturated rings. The monoisotopic (exact) mass is 248 g/mol. The number of rotatable bonds is 5. The number of amides is 2. The molecule has 1 aromatic carbocycles. The summed E-state index contributed by atoms with van der Waals surface area (Å²) in [6.07, 6.45) is 0.865. The van der Waals surface area contributed by atoms with Crippen LogP contribution in [0.5, 0.6) is 0 Å². The molecular formula is C15H24N2O. The van der Waals surface area contributed by atoms with Crippen molar-refractivity contribution in [2.24, 2.45) is 0 Å². The molecule has 0 unspecified atom stereocenters. The van der Waals surface area contributed by atoms with Gasteiger partial charge in [-0.1, -0.05) is 38.1 Å². The van der Waals surface area contributed by atoms with Gasteiger partial charge in [-0.15, -0.1) is 0 Å². The summed E-state index contributed by atoms with van der Waals surface area (Å²) in [5.74, 6) is 0.564. The van der Waals surface area contributed by atoms with Crippen LogP contribution in [0, 0.1) is 0 Å². The van der Waals surface area contributed by atoms with Crippen molar-refractivity contribution in [3.8, 4) is 0 Å². The van der Waals surface area contributed by atoms with Gasteiger partial charge in [0.1, 0.15) is 0 Å². The average Bonchev–Trinajstić information content (AvgIpc) is 2.28. The number of carbonyl (C=O) groups excluding carboxylic acids is 1. The van der Waals surface area contributed by atoms with Crippen molar-refractivity contribution in [2.75, 3.05) is 6.54 Å². The smallest absolute Gasteiger partial charge is 0.314 e. The molecule has 2 amide bonds. The Bertz CT molecular complexity index is 369. The first kappa shape index (κ1) is 14.6. The third-order valence-corrected chi connectivity index (χ3v) is 2.77. The zero-order valence-electron chi connectivity index (χ0n) is 11.8. The summed E-state index contributed by atoms with van der Waals surface area (Å²) in [6.45, 7) is 8.94. The van der Waals surface area contributed by atoms with Crippen LogP contribution in [0.2, 0.25) is 0 Å². The van der Waals surface area contributed by atoms with E-state index in [0.29, 0.717) is 12.5 Å². The molecule has 0 spiro atoms. The van der Waals surface area contributed by atoms with Gasteiger partial charge in [0.2, 0.25) is 0 Å². The lowest BCUT2D eigenvalue weighted by Crippen LogP contribution is -2.40. The van der Waals surface area contributed by atoms with Crippen molar-refractivity contribution in [2.45, 2.75) is 46.1 Å². The van der Waals surface area contributed by atoms with Gasteiger partial charge in [-0.25, -0.2) is 4.79 Å². The molecule has 0 atom stereocenters. The van der Waals surface area contributed by atoms with E-state index >= 15 is 0 Å². The molecule has 0 aromatic heterocycles. The highest BCUT2D eigenvalue weighted by Crippen LogP contribution is 2.14. The summed E-state index contributed by atoms with van der Waals surface area (Å²) in [7, 11) is 0. The molecule has 1 rings (SSSR count). The predicted octanol–water partition coefficient (Wildman–Crippen LogP) is 3.06. The van der Waals surface area contributed by atoms with Crippen LogP contribution < -0.4 is 10.6 Å². The fourth-order valence-electron chi connectivity index (χ4n) is 1.70. The van der Waals surface area contributed by atoms with Crippen LogP contribution >= 0.6 is 0 Å². The molecule has 2 N–H and O–H groups in total. The normalized spacial score (nSPS) is 10.8. The standard InChI is InChI=1S/C15H24N2O/c1-11(2)14-7-5-13(6-8-14)9-10-16-15(18)17-12(3)4/h5-8,11-12H,9-10H2,1-4H3,(H2,16,17,18). The molecule has 0 aliphatic rings. The van der Waals surface area contributed by atoms with E-state index in [-0.39, 0.29) is 12.1 Å². The van der Waals surface area contributed by atoms with E-state index in [9.17, 15) is 4.79 Å². The maximum atomic E-state index is 11.4. The van der Waals surface area contributed by atoms with Gasteiger partial charge in [0, 0.05) is 12.6 Å². The summed E-state index contributed by atoms with van der Waals surface area (Å²) < 4.78 is 0. The van der Waals surface area contributed by atoms with Gasteiger partial charge >= 0.3 is 6.03 Å². The molecule has 3 nitrogen and oxygen atoms in total. The van der Waals surface area contributed by atoms with Gasteiger partial charge in [0.25, 0.3) is 0 Å². The maximum absolute atomic E-state index is 11.4. The molecule has 0 radical (unpaired) electrons. The zero-order valence-corrected chi connectivity index (χ0v) is 11.8. The number of hydrogen-bond donors (Lipinski definition) is 2. The fourth-order valence-corrected chi connectivity index (χ4v) is 1.70. The first-order valence-electron chi connectivity index (χ1n) is 6.62. The maximum Gasteiger partial charge on any atom is 0.314 e. The molecule has 0 saturated heterocycles. The van der Waals surface area contributed by atoms with Gasteiger partial charge in [-0.3, -0.25) is 0 Å². The number of urea groups is 1. The highest BCUT2D eigenvalue weighted by atomic mass is 16.2. The Morgan fingerprint density at radius 2 is 1.72 bits per heavy atom. The van der Waals surface area contributed by atoms with Crippen LogP contribution in [0.4, 0.5) is 4.79 Å². The Balaban J connectivity index is 2.33. The van der Waals surface area contributed by atoms with Crippen LogP contribution in [-0.4, -0.2) is 18.6 Å². The number of nitrogens with one attached hydrogen (secondary N) is 2. The van der Waals surface area contributed by atoms with Gasteiger partial charge in [-0.05, 0) is 37.3 Å². The molecule has 0 bridgehead atoms. The molecule has 3 heteroatoms. The molecular weight excluding hydrogens is 224 g/mol. The van der Waals surface area contributed by atoms with Crippen LogP contribution in [0.3, 0.4) is 0 Å². The second kappa shape index (κ2) is 7.04. The third-order valence-electron chi connectivity index (χ3n) is 2.77. The summed E-state index contributed by atoms with van der Waals surface area (Å²) >= 11 is 0. The number of hydrogen-bond acceptors (Lipinski definition) is 1. The minimum absolute atomic E-state index is 0.0937. The first-order chi connectivity index (χ1) is 8.49. The minimum atomic E-state index is -0.0937. The topological polar surface area (TPSA) is 41.1 Å². The number of benzene rings is 1. The van der Waals surface area contributed by atoms with Crippen molar-refractivity contribution in [3.63, 3.8) is 0 Å². The van der Waals surface area contributed by atoms with E-state index in [1.165, 1.54) is 11.1 Å². The Hall–Kier alpha value is -1.51. The van der Waals surface area contributed by atoms with E-state index in [2.05, 4.69) is 48.7 Å². The van der Waals surface area contributed by atoms with Gasteiger partial charge in [-0.2, -0.15) is 0 Å². The molecule has 0 saturated carbocycles. The van der Waals surface area contributed by atoms with Crippen LogP contribution in [0.25, 0.3) is 0 Å². The van der Waals surface area contributed by atoms with Crippen LogP contribution in [-0.2, 0) is 6.42 Å². The average molecular weight is 248 g/mol. The van der Waals surface area contributed by atoms with Crippen molar-refractivity contribution in [3.05, 3.63) is 35.4 Å². The lowest BCUT2D eigenvalue weighted by molar-refractivity contribution is 0.238. The van der Waals surface area contributed by atoms with Crippen molar-refractivity contribution >= 4 is 6.03 Å². The highest BCUT2D eigenvalue weighted by Gasteiger charge is 2.02. The van der Waals surface area contributed by atoms with E-state index in [1.54, 1.807) is 0 Å². The van der Waals surface area contributed by atoms with E-state index < -0.39 is 0 Å². The Morgan fingerprint density at radius 3 is 2.22 bits per heavy atom. The minimum Gasteiger partial charge on any atom is -0.338 e. The number of carbonyl (C=O) groups is 1. The second-order valence-electron chi connectivity index (χ2n) is 5.20.